The van der Waals surface area contributed by atoms with E-state index in [1.165, 1.54) is 17.5 Å². The van der Waals surface area contributed by atoms with Crippen LogP contribution in [0.3, 0.4) is 0 Å². The summed E-state index contributed by atoms with van der Waals surface area (Å²) in [7, 11) is 0. The molecule has 4 N–H and O–H groups in total. The molecule has 0 fully saturated rings. The van der Waals surface area contributed by atoms with Gasteiger partial charge in [-0.1, -0.05) is 13.8 Å². The number of aromatic amines is 1. The van der Waals surface area contributed by atoms with Crippen molar-refractivity contribution in [1.82, 2.24) is 15.2 Å². The Morgan fingerprint density at radius 2 is 2.21 bits per heavy atom. The Labute approximate surface area is 112 Å². The molecule has 0 saturated heterocycles. The van der Waals surface area contributed by atoms with Crippen LogP contribution in [0.4, 0.5) is 13.9 Å². The molecule has 19 heavy (non-hydrogen) atoms. The Kier molecular flexibility index (Phi) is 2.45. The molecular formula is C11H13F2N5S. The molecule has 0 atom stereocenters. The van der Waals surface area contributed by atoms with Crippen LogP contribution in [0.25, 0.3) is 11.3 Å². The standard InChI is InChI=1S/C11H13F2N5S/c1-10(2)3-6-7(16-9(17-14)19-6)5-4-15-18-8(5)11(10,12)13/h4H,3,14H2,1-2H3,(H,15,18)(H,16,17). The van der Waals surface area contributed by atoms with Gasteiger partial charge in [-0.3, -0.25) is 10.5 Å². The Bertz CT molecular complexity index is 631. The van der Waals surface area contributed by atoms with E-state index in [-0.39, 0.29) is 12.1 Å². The number of hydrogen-bond donors (Lipinski definition) is 3. The van der Waals surface area contributed by atoms with Crippen LogP contribution in [-0.4, -0.2) is 15.2 Å². The predicted octanol–water partition coefficient (Wildman–Crippen LogP) is 2.49. The van der Waals surface area contributed by atoms with E-state index in [1.807, 2.05) is 0 Å². The molecule has 0 saturated carbocycles. The van der Waals surface area contributed by atoms with Gasteiger partial charge in [-0.25, -0.2) is 10.8 Å². The van der Waals surface area contributed by atoms with Gasteiger partial charge >= 0.3 is 0 Å². The fourth-order valence-corrected chi connectivity index (χ4v) is 3.41. The molecule has 5 nitrogen and oxygen atoms in total. The van der Waals surface area contributed by atoms with E-state index < -0.39 is 11.3 Å². The largest absolute Gasteiger partial charge is 0.300 e. The molecule has 8 heteroatoms. The van der Waals surface area contributed by atoms with Crippen molar-refractivity contribution < 1.29 is 8.78 Å². The second-order valence-electron chi connectivity index (χ2n) is 5.23. The van der Waals surface area contributed by atoms with E-state index in [0.717, 1.165) is 4.88 Å². The summed E-state index contributed by atoms with van der Waals surface area (Å²) in [5, 5.41) is 6.69. The van der Waals surface area contributed by atoms with Crippen molar-refractivity contribution in [2.24, 2.45) is 11.3 Å². The van der Waals surface area contributed by atoms with Crippen molar-refractivity contribution in [3.8, 4) is 11.3 Å². The SMILES string of the molecule is CC1(C)Cc2sc(NN)nc2-c2cn[nH]c2C1(F)F. The average molecular weight is 285 g/mol. The number of H-pyrrole nitrogens is 1. The van der Waals surface area contributed by atoms with E-state index in [1.54, 1.807) is 13.8 Å². The number of hydrogen-bond acceptors (Lipinski definition) is 5. The molecule has 102 valence electrons. The summed E-state index contributed by atoms with van der Waals surface area (Å²) in [5.41, 5.74) is 1.95. The summed E-state index contributed by atoms with van der Waals surface area (Å²) in [5.74, 6) is 2.35. The molecule has 1 aliphatic rings. The number of aromatic nitrogens is 3. The molecule has 0 unspecified atom stereocenters. The van der Waals surface area contributed by atoms with Crippen LogP contribution in [0, 0.1) is 5.41 Å². The van der Waals surface area contributed by atoms with E-state index in [0.29, 0.717) is 16.4 Å². The van der Waals surface area contributed by atoms with Crippen LogP contribution >= 0.6 is 11.3 Å². The summed E-state index contributed by atoms with van der Waals surface area (Å²) in [6.07, 6.45) is 1.63. The maximum Gasteiger partial charge on any atom is 0.295 e. The summed E-state index contributed by atoms with van der Waals surface area (Å²) >= 11 is 1.30. The highest BCUT2D eigenvalue weighted by Crippen LogP contribution is 2.53. The van der Waals surface area contributed by atoms with Gasteiger partial charge in [0.1, 0.15) is 5.69 Å². The van der Waals surface area contributed by atoms with E-state index >= 15 is 0 Å². The fraction of sp³-hybridized carbons (Fsp3) is 0.455. The number of hydrazine groups is 1. The van der Waals surface area contributed by atoms with E-state index in [2.05, 4.69) is 20.6 Å². The van der Waals surface area contributed by atoms with Gasteiger partial charge in [0, 0.05) is 15.9 Å². The van der Waals surface area contributed by atoms with Crippen molar-refractivity contribution in [2.75, 3.05) is 5.43 Å². The number of thiazole rings is 1. The van der Waals surface area contributed by atoms with Gasteiger partial charge in [0.25, 0.3) is 5.92 Å². The van der Waals surface area contributed by atoms with Crippen molar-refractivity contribution >= 4 is 16.5 Å². The number of nitrogen functional groups attached to an aromatic ring is 1. The van der Waals surface area contributed by atoms with Gasteiger partial charge in [-0.05, 0) is 6.42 Å². The maximum absolute atomic E-state index is 14.6. The van der Waals surface area contributed by atoms with Gasteiger partial charge in [-0.15, -0.1) is 11.3 Å². The Morgan fingerprint density at radius 1 is 1.47 bits per heavy atom. The van der Waals surface area contributed by atoms with Crippen molar-refractivity contribution in [3.05, 3.63) is 16.8 Å². The van der Waals surface area contributed by atoms with Crippen LogP contribution in [0.5, 0.6) is 0 Å². The second-order valence-corrected chi connectivity index (χ2v) is 6.31. The van der Waals surface area contributed by atoms with Crippen LogP contribution in [0.2, 0.25) is 0 Å². The van der Waals surface area contributed by atoms with Crippen LogP contribution in [0.1, 0.15) is 24.4 Å². The lowest BCUT2D eigenvalue weighted by Crippen LogP contribution is -2.35. The minimum atomic E-state index is -2.99. The lowest BCUT2D eigenvalue weighted by molar-refractivity contribution is -0.115. The molecule has 2 aromatic rings. The van der Waals surface area contributed by atoms with Crippen molar-refractivity contribution in [3.63, 3.8) is 0 Å². The lowest BCUT2D eigenvalue weighted by atomic mass is 9.81. The van der Waals surface area contributed by atoms with Gasteiger partial charge in [0.05, 0.1) is 11.9 Å². The topological polar surface area (TPSA) is 79.6 Å². The highest BCUT2D eigenvalue weighted by Gasteiger charge is 2.53. The smallest absolute Gasteiger partial charge is 0.295 e. The van der Waals surface area contributed by atoms with Gasteiger partial charge in [0.15, 0.2) is 5.13 Å². The Balaban J connectivity index is 2.29. The van der Waals surface area contributed by atoms with Gasteiger partial charge < -0.3 is 0 Å². The number of nitrogens with two attached hydrogens (primary N) is 1. The molecular weight excluding hydrogens is 272 g/mol. The number of halogens is 2. The lowest BCUT2D eigenvalue weighted by Gasteiger charge is -2.31. The third-order valence-corrected chi connectivity index (χ3v) is 4.47. The molecule has 0 spiro atoms. The maximum atomic E-state index is 14.6. The summed E-state index contributed by atoms with van der Waals surface area (Å²) < 4.78 is 29.1. The zero-order chi connectivity index (χ0) is 13.8. The molecule has 2 aromatic heterocycles. The number of alkyl halides is 2. The molecule has 0 aromatic carbocycles. The first kappa shape index (κ1) is 12.5. The molecule has 0 radical (unpaired) electrons. The Morgan fingerprint density at radius 3 is 2.89 bits per heavy atom. The van der Waals surface area contributed by atoms with E-state index in [4.69, 9.17) is 5.84 Å². The highest BCUT2D eigenvalue weighted by atomic mass is 32.1. The van der Waals surface area contributed by atoms with Crippen LogP contribution in [-0.2, 0) is 12.3 Å². The molecule has 0 aliphatic heterocycles. The van der Waals surface area contributed by atoms with Crippen LogP contribution < -0.4 is 11.3 Å². The Hall–Kier alpha value is -1.54. The van der Waals surface area contributed by atoms with Crippen molar-refractivity contribution in [2.45, 2.75) is 26.2 Å². The molecule has 0 bridgehead atoms. The molecule has 2 heterocycles. The summed E-state index contributed by atoms with van der Waals surface area (Å²) in [4.78, 5) is 5.05. The summed E-state index contributed by atoms with van der Waals surface area (Å²) in [6.45, 7) is 3.09. The fourth-order valence-electron chi connectivity index (χ4n) is 2.30. The highest BCUT2D eigenvalue weighted by molar-refractivity contribution is 7.16. The molecule has 1 aliphatic carbocycles. The minimum Gasteiger partial charge on any atom is -0.300 e. The zero-order valence-corrected chi connectivity index (χ0v) is 11.2. The van der Waals surface area contributed by atoms with Gasteiger partial charge in [-0.2, -0.15) is 13.9 Å². The zero-order valence-electron chi connectivity index (χ0n) is 10.4. The number of nitrogens with zero attached hydrogens (tertiary/aromatic N) is 2. The first-order valence-corrected chi connectivity index (χ1v) is 6.57. The van der Waals surface area contributed by atoms with Crippen LogP contribution in [0.15, 0.2) is 6.20 Å². The third kappa shape index (κ3) is 1.59. The van der Waals surface area contributed by atoms with Gasteiger partial charge in [0.2, 0.25) is 0 Å². The molecule has 3 rings (SSSR count). The monoisotopic (exact) mass is 285 g/mol. The number of nitrogens with one attached hydrogen (secondary N) is 2. The first-order valence-electron chi connectivity index (χ1n) is 5.75. The summed E-state index contributed by atoms with van der Waals surface area (Å²) in [6, 6.07) is 0. The normalized spacial score (nSPS) is 19.4. The van der Waals surface area contributed by atoms with E-state index in [9.17, 15) is 8.78 Å². The third-order valence-electron chi connectivity index (χ3n) is 3.48. The van der Waals surface area contributed by atoms with Crippen molar-refractivity contribution in [1.29, 1.82) is 0 Å². The number of fused-ring (bicyclic) bond motifs is 3. The predicted molar refractivity (Wildman–Crippen MR) is 68.9 cm³/mol. The quantitative estimate of drug-likeness (QED) is 0.555. The minimum absolute atomic E-state index is 0.176. The number of rotatable bonds is 1. The molecule has 0 amide bonds. The average Bonchev–Trinajstić information content (AvgIpc) is 2.92. The second kappa shape index (κ2) is 3.73. The number of anilines is 1. The first-order chi connectivity index (χ1) is 8.87.